The van der Waals surface area contributed by atoms with Gasteiger partial charge >= 0.3 is 0 Å². The van der Waals surface area contributed by atoms with Gasteiger partial charge in [0.15, 0.2) is 6.49 Å². The number of hydrogen-bond donors (Lipinski definition) is 0. The molecule has 25 heavy (non-hydrogen) atoms. The van der Waals surface area contributed by atoms with E-state index >= 15 is 0 Å². The third-order valence-electron chi connectivity index (χ3n) is 9.14. The molecule has 0 heterocycles. The van der Waals surface area contributed by atoms with Gasteiger partial charge in [0.1, 0.15) is 0 Å². The number of halogens is 3. The molecule has 0 aromatic carbocycles. The zero-order valence-electron chi connectivity index (χ0n) is 14.8. The normalized spacial score (nSPS) is 63.8. The smallest absolute Gasteiger partial charge is 0.181 e. The van der Waals surface area contributed by atoms with E-state index in [-0.39, 0.29) is 19.0 Å². The molecule has 0 saturated heterocycles. The van der Waals surface area contributed by atoms with Crippen molar-refractivity contribution in [3.05, 3.63) is 0 Å². The summed E-state index contributed by atoms with van der Waals surface area (Å²) in [4.78, 5) is 0. The van der Waals surface area contributed by atoms with Crippen LogP contribution in [0.4, 0.5) is 0 Å². The minimum absolute atomic E-state index is 0.0584. The Hall–Kier alpha value is 1.48. The monoisotopic (exact) mass is 508 g/mol. The lowest BCUT2D eigenvalue weighted by molar-refractivity contribution is 0.0364. The predicted octanol–water partition coefficient (Wildman–Crippen LogP) is 7.48. The van der Waals surface area contributed by atoms with E-state index in [2.05, 4.69) is 31.9 Å². The number of hydrogen-bond acceptors (Lipinski definition) is 1. The van der Waals surface area contributed by atoms with Gasteiger partial charge in [-0.1, -0.05) is 43.1 Å². The van der Waals surface area contributed by atoms with Crippen molar-refractivity contribution in [3.8, 4) is 0 Å². The molecule has 0 amide bonds. The van der Waals surface area contributed by atoms with E-state index in [1.165, 1.54) is 38.5 Å². The molecule has 8 saturated carbocycles. The summed E-state index contributed by atoms with van der Waals surface area (Å²) in [6.07, 6.45) is 14.7. The Kier molecular flexibility index (Phi) is 3.44. The predicted molar refractivity (Wildman–Crippen MR) is 112 cm³/mol. The summed E-state index contributed by atoms with van der Waals surface area (Å²) >= 11 is 15.6. The SMILES string of the molecule is O=P(Cl)(C12C[C@H]3C[C@@H](CC(Br)(C3)C1)C2)C12C[C@H]3C[C@@H](CC(Br)(C3)C1)C2. The van der Waals surface area contributed by atoms with Gasteiger partial charge in [-0.3, -0.25) is 0 Å². The summed E-state index contributed by atoms with van der Waals surface area (Å²) < 4.78 is 15.2. The second-order valence-electron chi connectivity index (χ2n) is 11.2. The lowest BCUT2D eigenvalue weighted by Crippen LogP contribution is -2.61. The molecule has 1 nitrogen and oxygen atoms in total. The van der Waals surface area contributed by atoms with Crippen LogP contribution in [0, 0.1) is 23.7 Å². The van der Waals surface area contributed by atoms with Crippen molar-refractivity contribution in [3.63, 3.8) is 0 Å². The molecule has 0 radical (unpaired) electrons. The first-order chi connectivity index (χ1) is 11.6. The Bertz CT molecular complexity index is 611. The zero-order chi connectivity index (χ0) is 17.3. The van der Waals surface area contributed by atoms with Gasteiger partial charge in [-0.2, -0.15) is 0 Å². The third-order valence-corrected chi connectivity index (χ3v) is 16.6. The summed E-state index contributed by atoms with van der Waals surface area (Å²) in [7, 11) is 0. The Morgan fingerprint density at radius 1 is 0.680 bits per heavy atom. The fraction of sp³-hybridized carbons (Fsp3) is 1.00. The van der Waals surface area contributed by atoms with Gasteiger partial charge in [0, 0.05) is 19.0 Å². The molecule has 8 fully saturated rings. The van der Waals surface area contributed by atoms with Crippen molar-refractivity contribution in [1.82, 2.24) is 0 Å². The zero-order valence-corrected chi connectivity index (χ0v) is 19.6. The van der Waals surface area contributed by atoms with E-state index in [9.17, 15) is 4.57 Å². The van der Waals surface area contributed by atoms with Gasteiger partial charge in [0.2, 0.25) is 0 Å². The van der Waals surface area contributed by atoms with Crippen LogP contribution >= 0.6 is 49.6 Å². The average Bonchev–Trinajstić information content (AvgIpc) is 2.41. The standard InChI is InChI=1S/C20H28Br2ClOP/c21-17-3-13-1-14(4-17)8-19(7-13,11-17)25(23,24)20-9-15-2-16(10-20)6-18(22,5-15)12-20/h13-16H,1-12H2/t13-,14-,15-,16-,17?,18?,19?,20?,25?/m0/s1. The summed E-state index contributed by atoms with van der Waals surface area (Å²) in [6, 6.07) is 0. The average molecular weight is 511 g/mol. The molecule has 8 aliphatic rings. The van der Waals surface area contributed by atoms with Gasteiger partial charge in [0.25, 0.3) is 0 Å². The lowest BCUT2D eigenvalue weighted by atomic mass is 9.55. The van der Waals surface area contributed by atoms with Crippen LogP contribution in [-0.4, -0.2) is 19.0 Å². The maximum Gasteiger partial charge on any atom is 0.181 e. The molecular formula is C20H28Br2ClOP. The Balaban J connectivity index is 1.44. The third kappa shape index (κ3) is 2.22. The lowest BCUT2D eigenvalue weighted by Gasteiger charge is -2.67. The van der Waals surface area contributed by atoms with Gasteiger partial charge < -0.3 is 4.57 Å². The van der Waals surface area contributed by atoms with Crippen LogP contribution in [0.1, 0.15) is 77.0 Å². The highest BCUT2D eigenvalue weighted by Gasteiger charge is 2.71. The minimum Gasteiger partial charge on any atom is -0.305 e. The van der Waals surface area contributed by atoms with Gasteiger partial charge in [-0.05, 0) is 101 Å². The van der Waals surface area contributed by atoms with Crippen LogP contribution in [-0.2, 0) is 4.57 Å². The molecule has 0 aromatic heterocycles. The topological polar surface area (TPSA) is 17.1 Å². The molecule has 0 aromatic rings. The fourth-order valence-electron chi connectivity index (χ4n) is 9.38. The maximum atomic E-state index is 14.7. The first-order valence-electron chi connectivity index (χ1n) is 10.3. The first-order valence-corrected chi connectivity index (χ1v) is 14.5. The highest BCUT2D eigenvalue weighted by Crippen LogP contribution is 2.86. The second-order valence-corrected chi connectivity index (χ2v) is 19.0. The second kappa shape index (κ2) is 4.96. The van der Waals surface area contributed by atoms with Gasteiger partial charge in [-0.15, -0.1) is 0 Å². The quantitative estimate of drug-likeness (QED) is 0.278. The van der Waals surface area contributed by atoms with Crippen LogP contribution in [0.3, 0.4) is 0 Å². The van der Waals surface area contributed by atoms with Crippen molar-refractivity contribution in [2.45, 2.75) is 96.0 Å². The molecule has 0 unspecified atom stereocenters. The van der Waals surface area contributed by atoms with Crippen LogP contribution in [0.15, 0.2) is 0 Å². The van der Waals surface area contributed by atoms with E-state index < -0.39 is 6.49 Å². The Morgan fingerprint density at radius 2 is 1.00 bits per heavy atom. The van der Waals surface area contributed by atoms with Crippen molar-refractivity contribution in [2.75, 3.05) is 0 Å². The number of alkyl halides is 2. The fourth-order valence-corrected chi connectivity index (χ4v) is 17.9. The van der Waals surface area contributed by atoms with Gasteiger partial charge in [-0.25, -0.2) is 0 Å². The van der Waals surface area contributed by atoms with Crippen LogP contribution < -0.4 is 0 Å². The van der Waals surface area contributed by atoms with E-state index in [1.807, 2.05) is 0 Å². The molecular weight excluding hydrogens is 482 g/mol. The van der Waals surface area contributed by atoms with E-state index in [1.54, 1.807) is 0 Å². The maximum absolute atomic E-state index is 14.7. The molecule has 5 heteroatoms. The van der Waals surface area contributed by atoms with Gasteiger partial charge in [0.05, 0.1) is 0 Å². The van der Waals surface area contributed by atoms with Crippen molar-refractivity contribution in [1.29, 1.82) is 0 Å². The van der Waals surface area contributed by atoms with Crippen molar-refractivity contribution >= 4 is 49.6 Å². The molecule has 0 aliphatic heterocycles. The van der Waals surface area contributed by atoms with Crippen LogP contribution in [0.5, 0.6) is 0 Å². The minimum atomic E-state index is -2.76. The van der Waals surface area contributed by atoms with E-state index in [0.717, 1.165) is 62.2 Å². The summed E-state index contributed by atoms with van der Waals surface area (Å²) in [5.74, 6) is 3.05. The molecule has 140 valence electrons. The highest BCUT2D eigenvalue weighted by molar-refractivity contribution is 9.10. The van der Waals surface area contributed by atoms with Crippen LogP contribution in [0.2, 0.25) is 0 Å². The summed E-state index contributed by atoms with van der Waals surface area (Å²) in [6.45, 7) is -2.76. The van der Waals surface area contributed by atoms with E-state index in [4.69, 9.17) is 11.2 Å². The van der Waals surface area contributed by atoms with Crippen molar-refractivity contribution in [2.24, 2.45) is 23.7 Å². The highest BCUT2D eigenvalue weighted by atomic mass is 79.9. The van der Waals surface area contributed by atoms with E-state index in [0.29, 0.717) is 0 Å². The number of rotatable bonds is 2. The van der Waals surface area contributed by atoms with Crippen LogP contribution in [0.25, 0.3) is 0 Å². The summed E-state index contributed by atoms with van der Waals surface area (Å²) in [5.41, 5.74) is 0. The van der Waals surface area contributed by atoms with Crippen molar-refractivity contribution < 1.29 is 4.57 Å². The molecule has 8 bridgehead atoms. The molecule has 0 N–H and O–H groups in total. The largest absolute Gasteiger partial charge is 0.305 e. The molecule has 8 aliphatic carbocycles. The first kappa shape index (κ1) is 17.3. The molecule has 0 spiro atoms. The Morgan fingerprint density at radius 3 is 1.28 bits per heavy atom. The Labute approximate surface area is 173 Å². The molecule has 4 atom stereocenters. The summed E-state index contributed by atoms with van der Waals surface area (Å²) in [5, 5.41) is -0.117. The molecule has 8 rings (SSSR count).